The van der Waals surface area contributed by atoms with Gasteiger partial charge in [-0.3, -0.25) is 18.6 Å². The van der Waals surface area contributed by atoms with E-state index < -0.39 is 26.5 Å². The van der Waals surface area contributed by atoms with E-state index in [0.29, 0.717) is 17.4 Å². The topological polar surface area (TPSA) is 108 Å². The van der Waals surface area contributed by atoms with Crippen LogP contribution in [0.1, 0.15) is 219 Å². The standard InChI is InChI=1S/C68H112NO8P/c1-6-8-10-12-14-16-18-20-22-24-26-28-30-31-32-33-34-35-36-37-39-41-43-45-47-49-51-53-55-57-59-61-68(71)77-66(65-76-78(72,73)75-63-62-69(3,4)5)64-74-67(70)60-58-56-54-52-50-48-46-44-42-40-38-29-27-25-23-21-19-17-15-13-11-9-7-2/h8,10,14,16,19-22,25-28,31-32,34-35,37-40,43,45,49,51,66H,6-7,9,11-13,15,17-18,23-24,29-30,33,36,41-42,44,46-48,50,52-65H2,1-5H3/p+1/b10-8-,16-14-,21-19-,22-20-,27-25-,28-26-,32-31-,35-34-,39-37-,40-38-,45-43-,51-49-. The second-order valence-corrected chi connectivity index (χ2v) is 22.5. The number of esters is 2. The molecule has 0 aliphatic rings. The molecule has 0 aromatic heterocycles. The van der Waals surface area contributed by atoms with E-state index in [-0.39, 0.29) is 32.0 Å². The molecule has 0 aliphatic carbocycles. The van der Waals surface area contributed by atoms with Gasteiger partial charge in [-0.05, 0) is 122 Å². The van der Waals surface area contributed by atoms with Crippen LogP contribution in [-0.4, -0.2) is 74.9 Å². The first-order valence-corrected chi connectivity index (χ1v) is 32.1. The first-order valence-electron chi connectivity index (χ1n) is 30.6. The minimum Gasteiger partial charge on any atom is -0.462 e. The number of nitrogens with zero attached hydrogens (tertiary/aromatic N) is 1. The molecule has 0 radical (unpaired) electrons. The van der Waals surface area contributed by atoms with Crippen LogP contribution in [0.25, 0.3) is 0 Å². The van der Waals surface area contributed by atoms with Crippen LogP contribution in [-0.2, 0) is 32.7 Å². The van der Waals surface area contributed by atoms with E-state index in [1.165, 1.54) is 64.2 Å². The second-order valence-electron chi connectivity index (χ2n) is 21.0. The lowest BCUT2D eigenvalue weighted by Gasteiger charge is -2.24. The number of carbonyl (C=O) groups is 2. The molecule has 0 aromatic rings. The average Bonchev–Trinajstić information content (AvgIpc) is 3.40. The molecule has 0 fully saturated rings. The second kappa shape index (κ2) is 57.6. The number of rotatable bonds is 54. The van der Waals surface area contributed by atoms with Gasteiger partial charge in [0.05, 0.1) is 27.7 Å². The monoisotopic (exact) mass is 1100 g/mol. The van der Waals surface area contributed by atoms with Gasteiger partial charge in [0.15, 0.2) is 6.10 Å². The van der Waals surface area contributed by atoms with Crippen LogP contribution in [0.4, 0.5) is 0 Å². The van der Waals surface area contributed by atoms with Gasteiger partial charge in [0.1, 0.15) is 19.8 Å². The van der Waals surface area contributed by atoms with Gasteiger partial charge in [0.25, 0.3) is 0 Å². The van der Waals surface area contributed by atoms with Crippen molar-refractivity contribution in [2.45, 2.75) is 225 Å². The van der Waals surface area contributed by atoms with Crippen molar-refractivity contribution in [3.8, 4) is 0 Å². The highest BCUT2D eigenvalue weighted by Crippen LogP contribution is 2.43. The highest BCUT2D eigenvalue weighted by Gasteiger charge is 2.27. The van der Waals surface area contributed by atoms with Crippen LogP contribution in [0, 0.1) is 0 Å². The highest BCUT2D eigenvalue weighted by atomic mass is 31.2. The Hall–Kier alpha value is -4.11. The fourth-order valence-electron chi connectivity index (χ4n) is 7.66. The third-order valence-electron chi connectivity index (χ3n) is 12.4. The summed E-state index contributed by atoms with van der Waals surface area (Å²) in [6.07, 6.45) is 84.9. The van der Waals surface area contributed by atoms with Gasteiger partial charge in [-0.25, -0.2) is 4.57 Å². The van der Waals surface area contributed by atoms with Crippen LogP contribution in [0.15, 0.2) is 146 Å². The minimum absolute atomic E-state index is 0.0148. The van der Waals surface area contributed by atoms with E-state index in [0.717, 1.165) is 122 Å². The van der Waals surface area contributed by atoms with E-state index >= 15 is 0 Å². The maximum atomic E-state index is 12.8. The molecule has 442 valence electrons. The molecule has 0 spiro atoms. The quantitative estimate of drug-likeness (QED) is 0.0211. The summed E-state index contributed by atoms with van der Waals surface area (Å²) in [5.74, 6) is -0.855. The van der Waals surface area contributed by atoms with Crippen molar-refractivity contribution in [3.63, 3.8) is 0 Å². The van der Waals surface area contributed by atoms with Crippen molar-refractivity contribution >= 4 is 19.8 Å². The Morgan fingerprint density at radius 2 is 0.731 bits per heavy atom. The number of hydrogen-bond donors (Lipinski definition) is 1. The molecule has 9 nitrogen and oxygen atoms in total. The summed E-state index contributed by atoms with van der Waals surface area (Å²) in [6, 6.07) is 0. The Balaban J connectivity index is 4.30. The average molecular weight is 1100 g/mol. The van der Waals surface area contributed by atoms with Crippen molar-refractivity contribution in [3.05, 3.63) is 146 Å². The summed E-state index contributed by atoms with van der Waals surface area (Å²) < 4.78 is 34.5. The van der Waals surface area contributed by atoms with Gasteiger partial charge in [-0.2, -0.15) is 0 Å². The Morgan fingerprint density at radius 1 is 0.410 bits per heavy atom. The van der Waals surface area contributed by atoms with Crippen LogP contribution in [0.3, 0.4) is 0 Å². The highest BCUT2D eigenvalue weighted by molar-refractivity contribution is 7.47. The number of phosphoric ester groups is 1. The molecular weight excluding hydrogens is 990 g/mol. The molecule has 0 aliphatic heterocycles. The van der Waals surface area contributed by atoms with E-state index in [2.05, 4.69) is 160 Å². The van der Waals surface area contributed by atoms with E-state index in [1.54, 1.807) is 0 Å². The molecule has 0 bridgehead atoms. The zero-order valence-electron chi connectivity index (χ0n) is 50.1. The fourth-order valence-corrected chi connectivity index (χ4v) is 8.40. The lowest BCUT2D eigenvalue weighted by Crippen LogP contribution is -2.37. The van der Waals surface area contributed by atoms with Crippen molar-refractivity contribution < 1.29 is 42.1 Å². The number of phosphoric acid groups is 1. The fraction of sp³-hybridized carbons (Fsp3) is 0.618. The van der Waals surface area contributed by atoms with Crippen molar-refractivity contribution in [1.29, 1.82) is 0 Å². The number of allylic oxidation sites excluding steroid dienone is 24. The van der Waals surface area contributed by atoms with Gasteiger partial charge in [-0.1, -0.05) is 230 Å². The molecule has 1 N–H and O–H groups in total. The number of unbranched alkanes of at least 4 members (excludes halogenated alkanes) is 16. The van der Waals surface area contributed by atoms with Crippen LogP contribution >= 0.6 is 7.82 Å². The third kappa shape index (κ3) is 61.1. The molecule has 0 rings (SSSR count). The third-order valence-corrected chi connectivity index (χ3v) is 13.3. The number of hydrogen-bond acceptors (Lipinski definition) is 7. The predicted molar refractivity (Wildman–Crippen MR) is 334 cm³/mol. The van der Waals surface area contributed by atoms with Crippen molar-refractivity contribution in [1.82, 2.24) is 0 Å². The van der Waals surface area contributed by atoms with Crippen LogP contribution in [0.5, 0.6) is 0 Å². The summed E-state index contributed by atoms with van der Waals surface area (Å²) in [7, 11) is 1.43. The van der Waals surface area contributed by atoms with Crippen LogP contribution < -0.4 is 0 Å². The molecule has 0 amide bonds. The Kier molecular flexibility index (Phi) is 54.5. The maximum Gasteiger partial charge on any atom is 0.472 e. The maximum absolute atomic E-state index is 12.8. The van der Waals surface area contributed by atoms with Gasteiger partial charge in [0.2, 0.25) is 0 Å². The normalized spacial score (nSPS) is 14.3. The summed E-state index contributed by atoms with van der Waals surface area (Å²) in [5.41, 5.74) is 0. The largest absolute Gasteiger partial charge is 0.472 e. The number of likely N-dealkylation sites (N-methyl/N-ethyl adjacent to an activating group) is 1. The summed E-state index contributed by atoms with van der Waals surface area (Å²) >= 11 is 0. The molecule has 2 unspecified atom stereocenters. The molecule has 10 heteroatoms. The number of ether oxygens (including phenoxy) is 2. The molecule has 0 aromatic carbocycles. The summed E-state index contributed by atoms with van der Waals surface area (Å²) in [5, 5.41) is 0. The first-order chi connectivity index (χ1) is 38.0. The first kappa shape index (κ1) is 73.9. The van der Waals surface area contributed by atoms with E-state index in [1.807, 2.05) is 21.1 Å². The SMILES string of the molecule is CC/C=C\C/C=C\C/C=C\C/C=C\C/C=C\C/C=C\C/C=C\C/C=C\C/C=C\CCCCCC(=O)OC(COC(=O)CCCCCCCCCC/C=C\C/C=C\C/C=C\CCCCCCC)COP(=O)(O)OCC[N+](C)(C)C. The number of quaternary nitrogens is 1. The lowest BCUT2D eigenvalue weighted by atomic mass is 10.1. The van der Waals surface area contributed by atoms with Crippen molar-refractivity contribution in [2.24, 2.45) is 0 Å². The smallest absolute Gasteiger partial charge is 0.462 e. The van der Waals surface area contributed by atoms with Gasteiger partial charge >= 0.3 is 19.8 Å². The lowest BCUT2D eigenvalue weighted by molar-refractivity contribution is -0.870. The summed E-state index contributed by atoms with van der Waals surface area (Å²) in [4.78, 5) is 35.7. The molecule has 0 saturated carbocycles. The number of carbonyl (C=O) groups excluding carboxylic acids is 2. The van der Waals surface area contributed by atoms with Gasteiger partial charge < -0.3 is 18.9 Å². The van der Waals surface area contributed by atoms with Gasteiger partial charge in [-0.15, -0.1) is 0 Å². The molecule has 0 heterocycles. The van der Waals surface area contributed by atoms with E-state index in [4.69, 9.17) is 18.5 Å². The zero-order valence-corrected chi connectivity index (χ0v) is 51.0. The van der Waals surface area contributed by atoms with Crippen molar-refractivity contribution in [2.75, 3.05) is 47.5 Å². The minimum atomic E-state index is -4.41. The molecule has 2 atom stereocenters. The predicted octanol–water partition coefficient (Wildman–Crippen LogP) is 19.5. The Bertz CT molecular complexity index is 1820. The van der Waals surface area contributed by atoms with E-state index in [9.17, 15) is 19.0 Å². The van der Waals surface area contributed by atoms with Crippen LogP contribution in [0.2, 0.25) is 0 Å². The molecular formula is C68H113NO8P+. The Labute approximate surface area is 478 Å². The summed E-state index contributed by atoms with van der Waals surface area (Å²) in [6.45, 7) is 4.24. The molecule has 0 saturated heterocycles. The van der Waals surface area contributed by atoms with Gasteiger partial charge in [0, 0.05) is 12.8 Å². The zero-order chi connectivity index (χ0) is 57.0. The Morgan fingerprint density at radius 3 is 1.10 bits per heavy atom. The molecule has 78 heavy (non-hydrogen) atoms.